The first kappa shape index (κ1) is 30.6. The average Bonchev–Trinajstić information content (AvgIpc) is 3.29. The van der Waals surface area contributed by atoms with Gasteiger partial charge in [-0.3, -0.25) is 4.90 Å². The third-order valence-electron chi connectivity index (χ3n) is 5.34. The molecule has 1 atom stereocenters. The zero-order valence-electron chi connectivity index (χ0n) is 19.8. The molecule has 2 aromatic heterocycles. The first-order valence-electron chi connectivity index (χ1n) is 11.2. The number of hydrogen-bond acceptors (Lipinski definition) is 6. The molecule has 0 spiro atoms. The summed E-state index contributed by atoms with van der Waals surface area (Å²) in [5.74, 6) is -4.19. The Bertz CT molecular complexity index is 982. The number of thiophene rings is 1. The minimum atomic E-state index is -5.08. The van der Waals surface area contributed by atoms with Gasteiger partial charge in [0.05, 0.1) is 18.6 Å². The van der Waals surface area contributed by atoms with Crippen LogP contribution in [0.4, 0.5) is 26.3 Å². The monoisotopic (exact) mass is 559 g/mol. The highest BCUT2D eigenvalue weighted by Crippen LogP contribution is 2.34. The Morgan fingerprint density at radius 1 is 1.14 bits per heavy atom. The maximum Gasteiger partial charge on any atom is 0.490 e. The highest BCUT2D eigenvalue weighted by molar-refractivity contribution is 7.07. The second-order valence-corrected chi connectivity index (χ2v) is 9.22. The van der Waals surface area contributed by atoms with Gasteiger partial charge in [0.1, 0.15) is 0 Å². The van der Waals surface area contributed by atoms with Crippen LogP contribution in [0.1, 0.15) is 42.6 Å². The molecular weight excluding hydrogens is 532 g/mol. The minimum Gasteiger partial charge on any atom is -0.475 e. The van der Waals surface area contributed by atoms with Crippen molar-refractivity contribution >= 4 is 23.3 Å². The Balaban J connectivity index is 0.000000286. The van der Waals surface area contributed by atoms with Gasteiger partial charge in [0, 0.05) is 44.4 Å². The molecule has 15 heteroatoms. The van der Waals surface area contributed by atoms with Gasteiger partial charge in [0.25, 0.3) is 0 Å². The smallest absolute Gasteiger partial charge is 0.475 e. The van der Waals surface area contributed by atoms with Gasteiger partial charge >= 0.3 is 24.3 Å². The molecule has 1 unspecified atom stereocenters. The predicted octanol–water partition coefficient (Wildman–Crippen LogP) is 4.76. The third-order valence-corrected chi connectivity index (χ3v) is 6.08. The van der Waals surface area contributed by atoms with Gasteiger partial charge in [-0.15, -0.1) is 0 Å². The normalized spacial score (nSPS) is 17.6. The molecule has 1 saturated carbocycles. The van der Waals surface area contributed by atoms with E-state index in [1.165, 1.54) is 29.8 Å². The van der Waals surface area contributed by atoms with Crippen molar-refractivity contribution in [1.29, 1.82) is 0 Å². The summed E-state index contributed by atoms with van der Waals surface area (Å²) in [6, 6.07) is 2.23. The van der Waals surface area contributed by atoms with Crippen molar-refractivity contribution in [3.8, 4) is 0 Å². The van der Waals surface area contributed by atoms with Crippen LogP contribution in [0, 0.1) is 5.92 Å². The summed E-state index contributed by atoms with van der Waals surface area (Å²) in [6.07, 6.45) is -5.34. The molecule has 4 rings (SSSR count). The van der Waals surface area contributed by atoms with Gasteiger partial charge in [0.2, 0.25) is 0 Å². The average molecular weight is 560 g/mol. The molecule has 8 nitrogen and oxygen atoms in total. The molecule has 0 saturated heterocycles. The number of halogens is 6. The number of fused-ring (bicyclic) bond motifs is 1. The molecule has 2 aromatic rings. The van der Waals surface area contributed by atoms with E-state index in [0.29, 0.717) is 5.92 Å². The number of nitrogens with zero attached hydrogens (tertiary/aromatic N) is 3. The van der Waals surface area contributed by atoms with E-state index in [2.05, 4.69) is 39.5 Å². The van der Waals surface area contributed by atoms with Gasteiger partial charge in [-0.25, -0.2) is 14.6 Å². The summed E-state index contributed by atoms with van der Waals surface area (Å²) in [4.78, 5) is 25.1. The van der Waals surface area contributed by atoms with Gasteiger partial charge < -0.3 is 19.5 Å². The molecule has 2 aliphatic rings. The molecule has 2 N–H and O–H groups in total. The summed E-state index contributed by atoms with van der Waals surface area (Å²) < 4.78 is 71.7. The number of carboxylic acid groups (broad SMARTS) is 2. The molecule has 0 radical (unpaired) electrons. The lowest BCUT2D eigenvalue weighted by Crippen LogP contribution is -2.36. The van der Waals surface area contributed by atoms with Crippen LogP contribution in [0.15, 0.2) is 23.2 Å². The summed E-state index contributed by atoms with van der Waals surface area (Å²) >= 11 is 1.78. The Morgan fingerprint density at radius 3 is 2.19 bits per heavy atom. The number of imidazole rings is 1. The number of alkyl halides is 6. The second-order valence-electron chi connectivity index (χ2n) is 8.44. The first-order chi connectivity index (χ1) is 17.2. The fraction of sp³-hybridized carbons (Fsp3) is 0.591. The highest BCUT2D eigenvalue weighted by atomic mass is 32.1. The molecule has 1 fully saturated rings. The van der Waals surface area contributed by atoms with Crippen LogP contribution in [0.2, 0.25) is 0 Å². The van der Waals surface area contributed by atoms with E-state index in [1.807, 2.05) is 0 Å². The van der Waals surface area contributed by atoms with Crippen molar-refractivity contribution < 1.29 is 50.9 Å². The van der Waals surface area contributed by atoms with E-state index in [-0.39, 0.29) is 0 Å². The van der Waals surface area contributed by atoms with Crippen LogP contribution >= 0.6 is 11.3 Å². The van der Waals surface area contributed by atoms with E-state index in [1.54, 1.807) is 11.3 Å². The van der Waals surface area contributed by atoms with Crippen LogP contribution in [0.3, 0.4) is 0 Å². The quantitative estimate of drug-likeness (QED) is 0.472. The Kier molecular flexibility index (Phi) is 10.9. The van der Waals surface area contributed by atoms with Crippen molar-refractivity contribution in [2.45, 2.75) is 57.7 Å². The summed E-state index contributed by atoms with van der Waals surface area (Å²) in [6.45, 7) is 7.86. The topological polar surface area (TPSA) is 105 Å². The summed E-state index contributed by atoms with van der Waals surface area (Å²) in [7, 11) is 0. The molecule has 1 aliphatic heterocycles. The Labute approximate surface area is 212 Å². The molecule has 3 heterocycles. The van der Waals surface area contributed by atoms with Gasteiger partial charge in [-0.1, -0.05) is 0 Å². The molecule has 208 valence electrons. The van der Waals surface area contributed by atoms with Gasteiger partial charge in [-0.2, -0.15) is 37.7 Å². The number of rotatable bonds is 7. The highest BCUT2D eigenvalue weighted by Gasteiger charge is 2.39. The van der Waals surface area contributed by atoms with Gasteiger partial charge in [0.15, 0.2) is 0 Å². The number of ether oxygens (including phenoxy) is 1. The van der Waals surface area contributed by atoms with Gasteiger partial charge in [-0.05, 0) is 48.1 Å². The van der Waals surface area contributed by atoms with Crippen molar-refractivity contribution in [1.82, 2.24) is 14.5 Å². The van der Waals surface area contributed by atoms with E-state index >= 15 is 0 Å². The molecule has 0 bridgehead atoms. The lowest BCUT2D eigenvalue weighted by atomic mass is 9.98. The maximum atomic E-state index is 10.6. The zero-order valence-corrected chi connectivity index (χ0v) is 20.6. The lowest BCUT2D eigenvalue weighted by Gasteiger charge is -2.33. The molecule has 0 aromatic carbocycles. The Morgan fingerprint density at radius 2 is 1.73 bits per heavy atom. The molecule has 0 amide bonds. The number of carbonyl (C=O) groups is 2. The molecule has 1 aliphatic carbocycles. The second kappa shape index (κ2) is 13.2. The van der Waals surface area contributed by atoms with Crippen molar-refractivity contribution in [3.63, 3.8) is 0 Å². The van der Waals surface area contributed by atoms with Crippen LogP contribution < -0.4 is 0 Å². The van der Waals surface area contributed by atoms with Crippen LogP contribution in [-0.2, 0) is 34.0 Å². The Hall–Kier alpha value is -2.65. The standard InChI is InChI=1S/C18H25N3OS.2C2HF3O2/c1-2-22-11-16-9-20(7-15-5-6-23-12-15)10-17-18(16)21(13-19-17)8-14-3-4-14;2*3-2(4,5)1(6)7/h5-6,12-14,16H,2-4,7-11H2,1H3;2*(H,6,7). The van der Waals surface area contributed by atoms with E-state index < -0.39 is 24.3 Å². The maximum absolute atomic E-state index is 10.6. The largest absolute Gasteiger partial charge is 0.490 e. The van der Waals surface area contributed by atoms with Crippen molar-refractivity contribution in [2.24, 2.45) is 5.92 Å². The first-order valence-corrected chi connectivity index (χ1v) is 12.1. The number of aromatic nitrogens is 2. The van der Waals surface area contributed by atoms with Crippen LogP contribution in [-0.4, -0.2) is 68.7 Å². The van der Waals surface area contributed by atoms with Crippen molar-refractivity contribution in [2.75, 3.05) is 19.8 Å². The number of aliphatic carboxylic acids is 2. The summed E-state index contributed by atoms with van der Waals surface area (Å²) in [5.41, 5.74) is 4.11. The molecular formula is C22H27F6N3O5S. The minimum absolute atomic E-state index is 0.443. The van der Waals surface area contributed by atoms with Crippen LogP contribution in [0.25, 0.3) is 0 Å². The van der Waals surface area contributed by atoms with E-state index in [0.717, 1.165) is 45.3 Å². The molecule has 37 heavy (non-hydrogen) atoms. The third kappa shape index (κ3) is 10.3. The summed E-state index contributed by atoms with van der Waals surface area (Å²) in [5, 5.41) is 18.7. The van der Waals surface area contributed by atoms with E-state index in [4.69, 9.17) is 29.5 Å². The zero-order chi connectivity index (χ0) is 27.8. The fourth-order valence-electron chi connectivity index (χ4n) is 3.58. The van der Waals surface area contributed by atoms with E-state index in [9.17, 15) is 26.3 Å². The number of hydrogen-bond donors (Lipinski definition) is 2. The SMILES string of the molecule is CCOCC1CN(Cc2ccsc2)Cc2ncn(CC3CC3)c21.O=C(O)C(F)(F)F.O=C(O)C(F)(F)F. The van der Waals surface area contributed by atoms with Crippen molar-refractivity contribution in [3.05, 3.63) is 40.1 Å². The fourth-order valence-corrected chi connectivity index (χ4v) is 4.24. The predicted molar refractivity (Wildman–Crippen MR) is 120 cm³/mol. The number of carboxylic acids is 2. The van der Waals surface area contributed by atoms with Crippen LogP contribution in [0.5, 0.6) is 0 Å². The lowest BCUT2D eigenvalue weighted by molar-refractivity contribution is -0.193.